The third-order valence-electron chi connectivity index (χ3n) is 2.18. The van der Waals surface area contributed by atoms with Gasteiger partial charge in [-0.15, -0.1) is 11.6 Å². The molecule has 0 bridgehead atoms. The van der Waals surface area contributed by atoms with E-state index in [1.165, 1.54) is 0 Å². The van der Waals surface area contributed by atoms with Crippen LogP contribution in [0.1, 0.15) is 17.3 Å². The average Bonchev–Trinajstić information content (AvgIpc) is 2.28. The summed E-state index contributed by atoms with van der Waals surface area (Å²) in [7, 11) is 0. The predicted octanol–water partition coefficient (Wildman–Crippen LogP) is 3.75. The van der Waals surface area contributed by atoms with E-state index in [4.69, 9.17) is 11.6 Å². The number of carbonyl (C=O) groups is 1. The molecule has 1 aromatic rings. The van der Waals surface area contributed by atoms with Gasteiger partial charge in [0.25, 0.3) is 5.91 Å². The van der Waals surface area contributed by atoms with Crippen molar-refractivity contribution in [1.29, 1.82) is 0 Å². The molecule has 0 fully saturated rings. The first-order valence-electron chi connectivity index (χ1n) is 4.90. The summed E-state index contributed by atoms with van der Waals surface area (Å²) in [6.07, 6.45) is 0. The van der Waals surface area contributed by atoms with Crippen molar-refractivity contribution in [2.75, 3.05) is 19.0 Å². The number of nitrogens with zero attached hydrogens (tertiary/aromatic N) is 1. The molecule has 0 N–H and O–H groups in total. The zero-order valence-electron chi connectivity index (χ0n) is 8.84. The highest BCUT2D eigenvalue weighted by atomic mass is 127. The van der Waals surface area contributed by atoms with E-state index < -0.39 is 0 Å². The van der Waals surface area contributed by atoms with Crippen LogP contribution in [-0.2, 0) is 0 Å². The zero-order valence-corrected chi connectivity index (χ0v) is 13.3. The molecule has 88 valence electrons. The lowest BCUT2D eigenvalue weighted by Gasteiger charge is -2.20. The summed E-state index contributed by atoms with van der Waals surface area (Å²) in [5.74, 6) is 0.498. The second kappa shape index (κ2) is 6.81. The fraction of sp³-hybridized carbons (Fsp3) is 0.364. The van der Waals surface area contributed by atoms with Gasteiger partial charge in [0.2, 0.25) is 0 Å². The van der Waals surface area contributed by atoms with Gasteiger partial charge in [-0.25, -0.2) is 0 Å². The van der Waals surface area contributed by atoms with Gasteiger partial charge in [0.1, 0.15) is 0 Å². The largest absolute Gasteiger partial charge is 0.338 e. The smallest absolute Gasteiger partial charge is 0.254 e. The van der Waals surface area contributed by atoms with Gasteiger partial charge in [0, 0.05) is 27.0 Å². The molecule has 1 amide bonds. The Bertz CT molecular complexity index is 386. The Labute approximate surface area is 123 Å². The lowest BCUT2D eigenvalue weighted by atomic mass is 10.2. The van der Waals surface area contributed by atoms with Crippen LogP contribution in [0, 0.1) is 3.57 Å². The Morgan fingerprint density at radius 3 is 2.81 bits per heavy atom. The van der Waals surface area contributed by atoms with Crippen molar-refractivity contribution < 1.29 is 4.79 Å². The lowest BCUT2D eigenvalue weighted by molar-refractivity contribution is 0.0773. The summed E-state index contributed by atoms with van der Waals surface area (Å²) in [6, 6.07) is 5.70. The van der Waals surface area contributed by atoms with Crippen LogP contribution < -0.4 is 0 Å². The van der Waals surface area contributed by atoms with Crippen LogP contribution >= 0.6 is 50.1 Å². The molecule has 0 radical (unpaired) electrons. The minimum atomic E-state index is 0.0360. The van der Waals surface area contributed by atoms with Gasteiger partial charge in [-0.2, -0.15) is 0 Å². The molecule has 0 heterocycles. The maximum Gasteiger partial charge on any atom is 0.254 e. The lowest BCUT2D eigenvalue weighted by Crippen LogP contribution is -2.33. The van der Waals surface area contributed by atoms with Gasteiger partial charge >= 0.3 is 0 Å². The molecule has 5 heteroatoms. The van der Waals surface area contributed by atoms with Gasteiger partial charge in [0.15, 0.2) is 0 Å². The summed E-state index contributed by atoms with van der Waals surface area (Å²) in [4.78, 5) is 13.9. The quantitative estimate of drug-likeness (QED) is 0.541. The fourth-order valence-electron chi connectivity index (χ4n) is 1.34. The Morgan fingerprint density at radius 1 is 1.56 bits per heavy atom. The van der Waals surface area contributed by atoms with Crippen molar-refractivity contribution in [3.63, 3.8) is 0 Å². The van der Waals surface area contributed by atoms with Crippen molar-refractivity contribution in [3.8, 4) is 0 Å². The summed E-state index contributed by atoms with van der Waals surface area (Å²) < 4.78 is 1.87. The van der Waals surface area contributed by atoms with E-state index >= 15 is 0 Å². The Balaban J connectivity index is 2.98. The van der Waals surface area contributed by atoms with Gasteiger partial charge < -0.3 is 4.90 Å². The number of alkyl halides is 1. The molecule has 16 heavy (non-hydrogen) atoms. The number of benzene rings is 1. The van der Waals surface area contributed by atoms with Crippen LogP contribution in [0.2, 0.25) is 0 Å². The average molecular weight is 416 g/mol. The minimum absolute atomic E-state index is 0.0360. The molecule has 0 saturated heterocycles. The first kappa shape index (κ1) is 14.3. The van der Waals surface area contributed by atoms with Gasteiger partial charge in [0.05, 0.1) is 5.56 Å². The maximum absolute atomic E-state index is 12.2. The minimum Gasteiger partial charge on any atom is -0.338 e. The van der Waals surface area contributed by atoms with E-state index in [0.717, 1.165) is 13.6 Å². The van der Waals surface area contributed by atoms with Crippen molar-refractivity contribution in [2.45, 2.75) is 6.92 Å². The molecule has 0 unspecified atom stereocenters. The highest BCUT2D eigenvalue weighted by Crippen LogP contribution is 2.20. The molecule has 0 aliphatic heterocycles. The van der Waals surface area contributed by atoms with E-state index in [-0.39, 0.29) is 5.91 Å². The van der Waals surface area contributed by atoms with E-state index in [9.17, 15) is 4.79 Å². The van der Waals surface area contributed by atoms with Crippen molar-refractivity contribution >= 4 is 56.0 Å². The number of halogens is 3. The Morgan fingerprint density at radius 2 is 2.25 bits per heavy atom. The molecular formula is C11H12BrClINO. The van der Waals surface area contributed by atoms with E-state index in [1.54, 1.807) is 4.90 Å². The fourth-order valence-corrected chi connectivity index (χ4v) is 2.47. The van der Waals surface area contributed by atoms with Crippen molar-refractivity contribution in [3.05, 3.63) is 31.8 Å². The molecule has 1 rings (SSSR count). The molecule has 0 saturated carbocycles. The second-order valence-corrected chi connectivity index (χ2v) is 5.65. The third kappa shape index (κ3) is 3.60. The number of carbonyl (C=O) groups excluding carboxylic acids is 1. The Hall–Kier alpha value is 0.190. The van der Waals surface area contributed by atoms with Crippen LogP contribution in [-0.4, -0.2) is 29.8 Å². The van der Waals surface area contributed by atoms with Gasteiger partial charge in [-0.1, -0.05) is 15.9 Å². The summed E-state index contributed by atoms with van der Waals surface area (Å²) in [6.45, 7) is 3.21. The number of hydrogen-bond donors (Lipinski definition) is 0. The maximum atomic E-state index is 12.2. The van der Waals surface area contributed by atoms with Crippen molar-refractivity contribution in [2.24, 2.45) is 0 Å². The van der Waals surface area contributed by atoms with Crippen LogP contribution in [0.4, 0.5) is 0 Å². The molecule has 0 aliphatic rings. The van der Waals surface area contributed by atoms with Crippen LogP contribution in [0.3, 0.4) is 0 Å². The SMILES string of the molecule is CCN(CCCl)C(=O)c1cc(Br)ccc1I. The highest BCUT2D eigenvalue weighted by Gasteiger charge is 2.16. The molecule has 0 atom stereocenters. The van der Waals surface area contributed by atoms with E-state index in [1.807, 2.05) is 25.1 Å². The summed E-state index contributed by atoms with van der Waals surface area (Å²) in [5.41, 5.74) is 0.724. The van der Waals surface area contributed by atoms with E-state index in [2.05, 4.69) is 38.5 Å². The molecular weight excluding hydrogens is 404 g/mol. The van der Waals surface area contributed by atoms with Crippen LogP contribution in [0.25, 0.3) is 0 Å². The standard InChI is InChI=1S/C11H12BrClINO/c1-2-15(6-5-13)11(16)9-7-8(12)3-4-10(9)14/h3-4,7H,2,5-6H2,1H3. The number of hydrogen-bond acceptors (Lipinski definition) is 1. The van der Waals surface area contributed by atoms with Gasteiger partial charge in [-0.05, 0) is 47.7 Å². The molecule has 0 aliphatic carbocycles. The zero-order chi connectivity index (χ0) is 12.1. The topological polar surface area (TPSA) is 20.3 Å². The second-order valence-electron chi connectivity index (χ2n) is 3.20. The van der Waals surface area contributed by atoms with Gasteiger partial charge in [-0.3, -0.25) is 4.79 Å². The van der Waals surface area contributed by atoms with Crippen LogP contribution in [0.15, 0.2) is 22.7 Å². The van der Waals surface area contributed by atoms with Crippen molar-refractivity contribution in [1.82, 2.24) is 4.90 Å². The number of amides is 1. The molecule has 0 aromatic heterocycles. The molecule has 2 nitrogen and oxygen atoms in total. The first-order chi connectivity index (χ1) is 7.60. The normalized spacial score (nSPS) is 10.2. The summed E-state index contributed by atoms with van der Waals surface area (Å²) in [5, 5.41) is 0. The predicted molar refractivity (Wildman–Crippen MR) is 79.2 cm³/mol. The third-order valence-corrected chi connectivity index (χ3v) is 3.79. The molecule has 0 spiro atoms. The van der Waals surface area contributed by atoms with E-state index in [0.29, 0.717) is 19.0 Å². The monoisotopic (exact) mass is 415 g/mol. The molecule has 1 aromatic carbocycles. The number of rotatable bonds is 4. The summed E-state index contributed by atoms with van der Waals surface area (Å²) >= 11 is 11.2. The first-order valence-corrected chi connectivity index (χ1v) is 7.31. The Kier molecular flexibility index (Phi) is 6.07. The highest BCUT2D eigenvalue weighted by molar-refractivity contribution is 14.1. The van der Waals surface area contributed by atoms with Crippen LogP contribution in [0.5, 0.6) is 0 Å².